The number of carbonyl (C=O) groups excluding carboxylic acids is 1. The quantitative estimate of drug-likeness (QED) is 0.740. The van der Waals surface area contributed by atoms with Gasteiger partial charge in [-0.25, -0.2) is 4.79 Å². The van der Waals surface area contributed by atoms with Crippen LogP contribution in [0.4, 0.5) is 4.79 Å². The van der Waals surface area contributed by atoms with Crippen LogP contribution in [0.25, 0.3) is 0 Å². The molecule has 0 saturated carbocycles. The maximum Gasteiger partial charge on any atom is 0.410 e. The first-order valence-electron chi connectivity index (χ1n) is 9.41. The van der Waals surface area contributed by atoms with E-state index in [0.29, 0.717) is 19.2 Å². The second-order valence-electron chi connectivity index (χ2n) is 7.99. The van der Waals surface area contributed by atoms with E-state index >= 15 is 0 Å². The number of piperazine rings is 1. The number of amides is 1. The molecule has 7 heteroatoms. The minimum absolute atomic E-state index is 0.223. The number of carbonyl (C=O) groups is 1. The maximum absolute atomic E-state index is 12.2. The molecule has 0 bridgehead atoms. The largest absolute Gasteiger partial charge is 0.444 e. The van der Waals surface area contributed by atoms with Crippen LogP contribution in [0, 0.1) is 0 Å². The summed E-state index contributed by atoms with van der Waals surface area (Å²) < 4.78 is 11.0. The standard InChI is InChI=1S/C18H34N4O3/c1-14(2)24-11-7-6-8-19-16-20-12-15-13-21(9-10-22(15)16)17(23)25-18(3,4)5/h14-15H,6-13H2,1-5H3,(H,19,20). The average molecular weight is 354 g/mol. The van der Waals surface area contributed by atoms with Gasteiger partial charge in [0, 0.05) is 32.8 Å². The van der Waals surface area contributed by atoms with E-state index in [4.69, 9.17) is 9.47 Å². The minimum Gasteiger partial charge on any atom is -0.444 e. The van der Waals surface area contributed by atoms with Crippen molar-refractivity contribution in [2.24, 2.45) is 4.99 Å². The molecule has 25 heavy (non-hydrogen) atoms. The third-order valence-corrected chi connectivity index (χ3v) is 4.16. The van der Waals surface area contributed by atoms with Crippen LogP contribution < -0.4 is 5.32 Å². The lowest BCUT2D eigenvalue weighted by molar-refractivity contribution is 0.0137. The third-order valence-electron chi connectivity index (χ3n) is 4.16. The summed E-state index contributed by atoms with van der Waals surface area (Å²) in [5, 5.41) is 3.44. The summed E-state index contributed by atoms with van der Waals surface area (Å²) in [6, 6.07) is 0.257. The molecule has 0 aromatic rings. The molecule has 1 fully saturated rings. The zero-order chi connectivity index (χ0) is 18.4. The number of unbranched alkanes of at least 4 members (excludes halogenated alkanes) is 1. The minimum atomic E-state index is -0.452. The number of fused-ring (bicyclic) bond motifs is 1. The van der Waals surface area contributed by atoms with Crippen molar-refractivity contribution in [3.05, 3.63) is 0 Å². The van der Waals surface area contributed by atoms with Crippen molar-refractivity contribution in [1.82, 2.24) is 15.1 Å². The number of nitrogens with one attached hydrogen (secondary N) is 1. The molecule has 0 radical (unpaired) electrons. The molecule has 2 aliphatic rings. The van der Waals surface area contributed by atoms with Crippen molar-refractivity contribution in [2.45, 2.75) is 65.2 Å². The van der Waals surface area contributed by atoms with Gasteiger partial charge in [-0.15, -0.1) is 0 Å². The Morgan fingerprint density at radius 2 is 2.08 bits per heavy atom. The Morgan fingerprint density at radius 1 is 1.32 bits per heavy atom. The van der Waals surface area contributed by atoms with Crippen LogP contribution in [0.5, 0.6) is 0 Å². The number of nitrogens with zero attached hydrogens (tertiary/aromatic N) is 3. The Balaban J connectivity index is 1.68. The first kappa shape index (κ1) is 19.8. The number of hydrogen-bond donors (Lipinski definition) is 1. The van der Waals surface area contributed by atoms with Crippen molar-refractivity contribution in [3.8, 4) is 0 Å². The van der Waals surface area contributed by atoms with Crippen LogP contribution in [-0.4, -0.2) is 78.9 Å². The molecule has 1 N–H and O–H groups in total. The molecule has 1 amide bonds. The molecular formula is C18H34N4O3. The summed E-state index contributed by atoms with van der Waals surface area (Å²) >= 11 is 0. The maximum atomic E-state index is 12.2. The molecule has 1 unspecified atom stereocenters. The number of guanidine groups is 1. The summed E-state index contributed by atoms with van der Waals surface area (Å²) in [4.78, 5) is 20.9. The predicted octanol–water partition coefficient (Wildman–Crippen LogP) is 2.07. The van der Waals surface area contributed by atoms with Crippen molar-refractivity contribution >= 4 is 12.1 Å². The molecule has 1 atom stereocenters. The monoisotopic (exact) mass is 354 g/mol. The van der Waals surface area contributed by atoms with Gasteiger partial charge in [-0.2, -0.15) is 0 Å². The molecular weight excluding hydrogens is 320 g/mol. The van der Waals surface area contributed by atoms with E-state index in [-0.39, 0.29) is 12.1 Å². The van der Waals surface area contributed by atoms with Gasteiger partial charge in [0.05, 0.1) is 18.7 Å². The summed E-state index contributed by atoms with van der Waals surface area (Å²) in [7, 11) is 0. The first-order chi connectivity index (χ1) is 11.8. The summed E-state index contributed by atoms with van der Waals surface area (Å²) in [6.45, 7) is 14.4. The van der Waals surface area contributed by atoms with Crippen molar-refractivity contribution in [2.75, 3.05) is 39.3 Å². The number of rotatable bonds is 6. The topological polar surface area (TPSA) is 66.4 Å². The van der Waals surface area contributed by atoms with Gasteiger partial charge >= 0.3 is 6.09 Å². The smallest absolute Gasteiger partial charge is 0.410 e. The summed E-state index contributed by atoms with van der Waals surface area (Å²) in [6.07, 6.45) is 2.19. The molecule has 2 heterocycles. The Labute approximate surface area is 151 Å². The predicted molar refractivity (Wildman–Crippen MR) is 98.9 cm³/mol. The zero-order valence-corrected chi connectivity index (χ0v) is 16.4. The number of ether oxygens (including phenoxy) is 2. The Kier molecular flexibility index (Phi) is 6.93. The highest BCUT2D eigenvalue weighted by Crippen LogP contribution is 2.18. The van der Waals surface area contributed by atoms with Crippen LogP contribution in [0.2, 0.25) is 0 Å². The normalized spacial score (nSPS) is 20.6. The second kappa shape index (κ2) is 8.74. The van der Waals surface area contributed by atoms with Gasteiger partial charge in [-0.1, -0.05) is 0 Å². The SMILES string of the molecule is CC(C)OCCCCNC1=NCC2CN(C(=O)OC(C)(C)C)CCN12. The first-order valence-corrected chi connectivity index (χ1v) is 9.41. The van der Waals surface area contributed by atoms with E-state index in [1.54, 1.807) is 4.90 Å². The summed E-state index contributed by atoms with van der Waals surface area (Å²) in [5.41, 5.74) is -0.452. The molecule has 2 aliphatic heterocycles. The lowest BCUT2D eigenvalue weighted by Crippen LogP contribution is -2.57. The van der Waals surface area contributed by atoms with Gasteiger partial charge in [-0.3, -0.25) is 4.99 Å². The van der Waals surface area contributed by atoms with Gasteiger partial charge in [-0.05, 0) is 47.5 Å². The van der Waals surface area contributed by atoms with Gasteiger partial charge in [0.1, 0.15) is 5.60 Å². The van der Waals surface area contributed by atoms with Crippen LogP contribution in [0.15, 0.2) is 4.99 Å². The Morgan fingerprint density at radius 3 is 2.76 bits per heavy atom. The molecule has 1 saturated heterocycles. The van der Waals surface area contributed by atoms with Crippen molar-refractivity contribution in [3.63, 3.8) is 0 Å². The zero-order valence-electron chi connectivity index (χ0n) is 16.4. The molecule has 0 aromatic heterocycles. The fourth-order valence-electron chi connectivity index (χ4n) is 2.97. The summed E-state index contributed by atoms with van der Waals surface area (Å²) in [5.74, 6) is 0.971. The second-order valence-corrected chi connectivity index (χ2v) is 7.99. The molecule has 0 spiro atoms. The van der Waals surface area contributed by atoms with Gasteiger partial charge in [0.15, 0.2) is 5.96 Å². The Bertz CT molecular complexity index is 473. The van der Waals surface area contributed by atoms with E-state index in [1.807, 2.05) is 20.8 Å². The molecule has 144 valence electrons. The van der Waals surface area contributed by atoms with Crippen LogP contribution >= 0.6 is 0 Å². The lowest BCUT2D eigenvalue weighted by atomic mass is 10.2. The molecule has 2 rings (SSSR count). The van der Waals surface area contributed by atoms with Gasteiger partial charge in [0.25, 0.3) is 0 Å². The van der Waals surface area contributed by atoms with E-state index in [1.165, 1.54) is 0 Å². The van der Waals surface area contributed by atoms with Crippen LogP contribution in [-0.2, 0) is 9.47 Å². The number of hydrogen-bond acceptors (Lipinski definition) is 6. The molecule has 0 aromatic carbocycles. The average Bonchev–Trinajstić information content (AvgIpc) is 2.91. The van der Waals surface area contributed by atoms with Crippen LogP contribution in [0.3, 0.4) is 0 Å². The van der Waals surface area contributed by atoms with Crippen molar-refractivity contribution in [1.29, 1.82) is 0 Å². The van der Waals surface area contributed by atoms with Crippen molar-refractivity contribution < 1.29 is 14.3 Å². The lowest BCUT2D eigenvalue weighted by Gasteiger charge is -2.39. The third kappa shape index (κ3) is 6.38. The molecule has 0 aliphatic carbocycles. The number of aliphatic imine (C=N–C) groups is 1. The highest BCUT2D eigenvalue weighted by Gasteiger charge is 2.36. The highest BCUT2D eigenvalue weighted by molar-refractivity contribution is 5.82. The highest BCUT2D eigenvalue weighted by atomic mass is 16.6. The Hall–Kier alpha value is -1.50. The van der Waals surface area contributed by atoms with E-state index in [0.717, 1.165) is 45.0 Å². The fourth-order valence-corrected chi connectivity index (χ4v) is 2.97. The van der Waals surface area contributed by atoms with E-state index < -0.39 is 5.60 Å². The van der Waals surface area contributed by atoms with Gasteiger partial charge in [0.2, 0.25) is 0 Å². The van der Waals surface area contributed by atoms with E-state index in [9.17, 15) is 4.79 Å². The fraction of sp³-hybridized carbons (Fsp3) is 0.889. The van der Waals surface area contributed by atoms with E-state index in [2.05, 4.69) is 29.1 Å². The molecule has 7 nitrogen and oxygen atoms in total. The van der Waals surface area contributed by atoms with Crippen LogP contribution in [0.1, 0.15) is 47.5 Å². The van der Waals surface area contributed by atoms with Gasteiger partial charge < -0.3 is 24.6 Å².